The molecular formula is C21H23N3O3. The smallest absolute Gasteiger partial charge is 0.267 e. The van der Waals surface area contributed by atoms with E-state index in [4.69, 9.17) is 4.74 Å². The van der Waals surface area contributed by atoms with Crippen molar-refractivity contribution in [1.29, 1.82) is 0 Å². The fourth-order valence-electron chi connectivity index (χ4n) is 2.98. The summed E-state index contributed by atoms with van der Waals surface area (Å²) >= 11 is 0. The summed E-state index contributed by atoms with van der Waals surface area (Å²) in [6.45, 7) is 4.41. The predicted octanol–water partition coefficient (Wildman–Crippen LogP) is 2.93. The minimum absolute atomic E-state index is 0.0187. The minimum atomic E-state index is -0.450. The molecule has 1 heterocycles. The highest BCUT2D eigenvalue weighted by Crippen LogP contribution is 2.25. The van der Waals surface area contributed by atoms with E-state index in [1.165, 1.54) is 6.92 Å². The van der Waals surface area contributed by atoms with Gasteiger partial charge in [-0.1, -0.05) is 30.3 Å². The average Bonchev–Trinajstić information content (AvgIpc) is 3.13. The summed E-state index contributed by atoms with van der Waals surface area (Å²) in [6, 6.07) is 16.6. The fraction of sp³-hybridized carbons (Fsp3) is 0.286. The topological polar surface area (TPSA) is 71.0 Å². The minimum Gasteiger partial charge on any atom is -0.494 e. The van der Waals surface area contributed by atoms with Gasteiger partial charge in [0.05, 0.1) is 12.3 Å². The second-order valence-electron chi connectivity index (χ2n) is 6.32. The van der Waals surface area contributed by atoms with Crippen LogP contribution in [-0.2, 0) is 16.1 Å². The zero-order chi connectivity index (χ0) is 19.2. The van der Waals surface area contributed by atoms with Crippen molar-refractivity contribution in [2.24, 2.45) is 5.10 Å². The van der Waals surface area contributed by atoms with Crippen LogP contribution in [0, 0.1) is 0 Å². The van der Waals surface area contributed by atoms with Crippen LogP contribution in [0.4, 0.5) is 5.69 Å². The number of hydrogen-bond donors (Lipinski definition) is 1. The third-order valence-electron chi connectivity index (χ3n) is 4.32. The monoisotopic (exact) mass is 365 g/mol. The van der Waals surface area contributed by atoms with Crippen molar-refractivity contribution in [3.8, 4) is 5.75 Å². The zero-order valence-electron chi connectivity index (χ0n) is 15.5. The van der Waals surface area contributed by atoms with Gasteiger partial charge in [0, 0.05) is 13.0 Å². The first-order chi connectivity index (χ1) is 13.1. The molecule has 0 spiro atoms. The molecule has 0 saturated heterocycles. The number of nitrogens with zero attached hydrogens (tertiary/aromatic N) is 2. The largest absolute Gasteiger partial charge is 0.494 e. The summed E-state index contributed by atoms with van der Waals surface area (Å²) in [7, 11) is 0. The lowest BCUT2D eigenvalue weighted by molar-refractivity contribution is -0.118. The molecule has 2 aromatic rings. The van der Waals surface area contributed by atoms with E-state index in [9.17, 15) is 9.59 Å². The molecule has 6 heteroatoms. The van der Waals surface area contributed by atoms with Gasteiger partial charge in [-0.2, -0.15) is 5.10 Å². The summed E-state index contributed by atoms with van der Waals surface area (Å²) in [6.07, 6.45) is 0.301. The molecule has 0 aliphatic carbocycles. The molecule has 1 unspecified atom stereocenters. The van der Waals surface area contributed by atoms with Crippen molar-refractivity contribution in [3.05, 3.63) is 60.2 Å². The van der Waals surface area contributed by atoms with Crippen molar-refractivity contribution in [3.63, 3.8) is 0 Å². The van der Waals surface area contributed by atoms with Gasteiger partial charge in [-0.25, -0.2) is 0 Å². The van der Waals surface area contributed by atoms with Gasteiger partial charge < -0.3 is 10.1 Å². The van der Waals surface area contributed by atoms with E-state index in [0.717, 1.165) is 17.0 Å². The van der Waals surface area contributed by atoms with E-state index >= 15 is 0 Å². The molecule has 1 amide bonds. The van der Waals surface area contributed by atoms with Gasteiger partial charge in [-0.05, 0) is 43.7 Å². The summed E-state index contributed by atoms with van der Waals surface area (Å²) in [5, 5.41) is 8.92. The Hall–Kier alpha value is -3.15. The molecule has 1 aliphatic heterocycles. The molecule has 0 bridgehead atoms. The first-order valence-electron chi connectivity index (χ1n) is 9.00. The van der Waals surface area contributed by atoms with Crippen LogP contribution in [-0.4, -0.2) is 30.1 Å². The molecule has 3 rings (SSSR count). The number of hydrazone groups is 1. The third-order valence-corrected chi connectivity index (χ3v) is 4.32. The highest BCUT2D eigenvalue weighted by Gasteiger charge is 2.33. The van der Waals surface area contributed by atoms with Crippen LogP contribution >= 0.6 is 0 Å². The second-order valence-corrected chi connectivity index (χ2v) is 6.32. The van der Waals surface area contributed by atoms with Gasteiger partial charge in [-0.15, -0.1) is 0 Å². The molecule has 0 radical (unpaired) electrons. The lowest BCUT2D eigenvalue weighted by Crippen LogP contribution is -2.34. The van der Waals surface area contributed by atoms with E-state index < -0.39 is 6.04 Å². The Morgan fingerprint density at radius 2 is 1.96 bits per heavy atom. The van der Waals surface area contributed by atoms with Crippen LogP contribution in [0.25, 0.3) is 0 Å². The number of carbonyl (C=O) groups excluding carboxylic acids is 2. The Labute approximate surface area is 158 Å². The Bertz CT molecular complexity index is 849. The van der Waals surface area contributed by atoms with E-state index in [1.807, 2.05) is 61.5 Å². The zero-order valence-corrected chi connectivity index (χ0v) is 15.5. The van der Waals surface area contributed by atoms with Crippen molar-refractivity contribution < 1.29 is 14.3 Å². The number of rotatable bonds is 7. The Balaban J connectivity index is 1.69. The summed E-state index contributed by atoms with van der Waals surface area (Å²) < 4.78 is 5.48. The molecule has 140 valence electrons. The highest BCUT2D eigenvalue weighted by molar-refractivity contribution is 6.40. The lowest BCUT2D eigenvalue weighted by atomic mass is 10.1. The molecular weight excluding hydrogens is 342 g/mol. The van der Waals surface area contributed by atoms with Crippen LogP contribution < -0.4 is 15.1 Å². The van der Waals surface area contributed by atoms with Crippen LogP contribution in [0.2, 0.25) is 0 Å². The van der Waals surface area contributed by atoms with E-state index in [2.05, 4.69) is 10.4 Å². The molecule has 1 N–H and O–H groups in total. The van der Waals surface area contributed by atoms with E-state index in [1.54, 1.807) is 5.01 Å². The SMILES string of the molecule is CCOc1cccc(CNC(=O)C2=NN(c3ccccc3)C(C(C)=O)C2)c1. The quantitative estimate of drug-likeness (QED) is 0.819. The molecule has 2 aromatic carbocycles. The molecule has 1 atom stereocenters. The number of nitrogens with one attached hydrogen (secondary N) is 1. The van der Waals surface area contributed by atoms with Crippen molar-refractivity contribution >= 4 is 23.1 Å². The number of amides is 1. The van der Waals surface area contributed by atoms with Crippen LogP contribution in [0.5, 0.6) is 5.75 Å². The Kier molecular flexibility index (Phi) is 5.86. The maximum atomic E-state index is 12.6. The summed E-state index contributed by atoms with van der Waals surface area (Å²) in [5.41, 5.74) is 2.10. The van der Waals surface area contributed by atoms with Crippen LogP contribution in [0.15, 0.2) is 59.7 Å². The molecule has 27 heavy (non-hydrogen) atoms. The predicted molar refractivity (Wildman–Crippen MR) is 105 cm³/mol. The fourth-order valence-corrected chi connectivity index (χ4v) is 2.98. The number of anilines is 1. The number of carbonyl (C=O) groups is 2. The van der Waals surface area contributed by atoms with E-state index in [0.29, 0.717) is 25.3 Å². The third kappa shape index (κ3) is 4.53. The molecule has 1 aliphatic rings. The Morgan fingerprint density at radius 3 is 2.67 bits per heavy atom. The van der Waals surface area contributed by atoms with Crippen molar-refractivity contribution in [2.75, 3.05) is 11.6 Å². The van der Waals surface area contributed by atoms with Gasteiger partial charge in [-0.3, -0.25) is 14.6 Å². The second kappa shape index (κ2) is 8.49. The van der Waals surface area contributed by atoms with E-state index in [-0.39, 0.29) is 11.7 Å². The average molecular weight is 365 g/mol. The molecule has 6 nitrogen and oxygen atoms in total. The molecule has 0 fully saturated rings. The van der Waals surface area contributed by atoms with Crippen molar-refractivity contribution in [1.82, 2.24) is 5.32 Å². The number of hydrogen-bond acceptors (Lipinski definition) is 5. The first-order valence-corrected chi connectivity index (χ1v) is 9.00. The maximum absolute atomic E-state index is 12.6. The molecule has 0 saturated carbocycles. The first kappa shape index (κ1) is 18.6. The summed E-state index contributed by atoms with van der Waals surface area (Å²) in [4.78, 5) is 24.6. The van der Waals surface area contributed by atoms with Gasteiger partial charge >= 0.3 is 0 Å². The maximum Gasteiger partial charge on any atom is 0.267 e. The number of benzene rings is 2. The number of Topliss-reactive ketones (excluding diaryl/α,β-unsaturated/α-hetero) is 1. The van der Waals surface area contributed by atoms with Gasteiger partial charge in [0.1, 0.15) is 17.5 Å². The normalized spacial score (nSPS) is 16.0. The lowest BCUT2D eigenvalue weighted by Gasteiger charge is -2.20. The van der Waals surface area contributed by atoms with Gasteiger partial charge in [0.2, 0.25) is 0 Å². The van der Waals surface area contributed by atoms with Gasteiger partial charge in [0.15, 0.2) is 5.78 Å². The molecule has 0 aromatic heterocycles. The number of ether oxygens (including phenoxy) is 1. The van der Waals surface area contributed by atoms with Crippen LogP contribution in [0.3, 0.4) is 0 Å². The Morgan fingerprint density at radius 1 is 1.19 bits per heavy atom. The standard InChI is InChI=1S/C21H23N3O3/c1-3-27-18-11-7-8-16(12-18)14-22-21(26)19-13-20(15(2)25)24(23-19)17-9-5-4-6-10-17/h4-12,20H,3,13-14H2,1-2H3,(H,22,26). The number of para-hydroxylation sites is 1. The summed E-state index contributed by atoms with van der Waals surface area (Å²) in [5.74, 6) is 0.491. The van der Waals surface area contributed by atoms with Gasteiger partial charge in [0.25, 0.3) is 5.91 Å². The number of ketones is 1. The van der Waals surface area contributed by atoms with Crippen LogP contribution in [0.1, 0.15) is 25.8 Å². The highest BCUT2D eigenvalue weighted by atomic mass is 16.5. The van der Waals surface area contributed by atoms with Crippen molar-refractivity contribution in [2.45, 2.75) is 32.9 Å².